The van der Waals surface area contributed by atoms with E-state index in [1.807, 2.05) is 0 Å². The highest BCUT2D eigenvalue weighted by molar-refractivity contribution is 7.09. The van der Waals surface area contributed by atoms with Gasteiger partial charge in [0.05, 0.1) is 0 Å². The summed E-state index contributed by atoms with van der Waals surface area (Å²) in [6, 6.07) is 4.19. The van der Waals surface area contributed by atoms with Crippen LogP contribution >= 0.6 is 11.3 Å². The van der Waals surface area contributed by atoms with E-state index < -0.39 is 0 Å². The van der Waals surface area contributed by atoms with Gasteiger partial charge in [-0.3, -0.25) is 4.79 Å². The van der Waals surface area contributed by atoms with Crippen LogP contribution in [0, 0.1) is 5.92 Å². The highest BCUT2D eigenvalue weighted by atomic mass is 32.1. The van der Waals surface area contributed by atoms with Crippen LogP contribution in [0.5, 0.6) is 0 Å². The van der Waals surface area contributed by atoms with Gasteiger partial charge in [0.2, 0.25) is 0 Å². The molecule has 1 aliphatic carbocycles. The molecule has 0 spiro atoms. The predicted molar refractivity (Wildman–Crippen MR) is 73.5 cm³/mol. The van der Waals surface area contributed by atoms with Crippen molar-refractivity contribution in [2.24, 2.45) is 5.92 Å². The largest absolute Gasteiger partial charge is 0.300 e. The number of Topliss-reactive ketones (excluding diaryl/α,β-unsaturated/α-hetero) is 1. The van der Waals surface area contributed by atoms with Gasteiger partial charge in [-0.25, -0.2) is 0 Å². The van der Waals surface area contributed by atoms with Crippen molar-refractivity contribution in [2.45, 2.75) is 57.8 Å². The van der Waals surface area contributed by atoms with Crippen LogP contribution in [-0.4, -0.2) is 5.78 Å². The molecule has 1 aromatic rings. The predicted octanol–water partition coefficient (Wildman–Crippen LogP) is 4.61. The highest BCUT2D eigenvalue weighted by Gasteiger charge is 2.15. The zero-order valence-electron chi connectivity index (χ0n) is 10.5. The van der Waals surface area contributed by atoms with Gasteiger partial charge in [-0.1, -0.05) is 44.6 Å². The van der Waals surface area contributed by atoms with E-state index in [9.17, 15) is 4.79 Å². The summed E-state index contributed by atoms with van der Waals surface area (Å²) in [7, 11) is 0. The van der Waals surface area contributed by atoms with E-state index in [0.29, 0.717) is 11.7 Å². The number of ketones is 1. The third kappa shape index (κ3) is 4.63. The first-order chi connectivity index (χ1) is 8.34. The number of carbonyl (C=O) groups is 1. The molecular formula is C15H22OS. The maximum atomic E-state index is 11.9. The lowest BCUT2D eigenvalue weighted by Gasteiger charge is -2.12. The summed E-state index contributed by atoms with van der Waals surface area (Å²) in [6.45, 7) is 0. The molecule has 1 aliphatic rings. The summed E-state index contributed by atoms with van der Waals surface area (Å²) < 4.78 is 0. The number of hydrogen-bond acceptors (Lipinski definition) is 2. The van der Waals surface area contributed by atoms with E-state index in [0.717, 1.165) is 19.3 Å². The van der Waals surface area contributed by atoms with Crippen LogP contribution in [0.3, 0.4) is 0 Å². The molecule has 0 saturated heterocycles. The van der Waals surface area contributed by atoms with Crippen molar-refractivity contribution in [1.82, 2.24) is 0 Å². The molecule has 1 aromatic heterocycles. The summed E-state index contributed by atoms with van der Waals surface area (Å²) in [5.41, 5.74) is 0. The van der Waals surface area contributed by atoms with Gasteiger partial charge in [0.15, 0.2) is 0 Å². The third-order valence-corrected chi connectivity index (χ3v) is 4.66. The molecule has 2 heteroatoms. The molecule has 2 rings (SSSR count). The van der Waals surface area contributed by atoms with Crippen LogP contribution in [0.15, 0.2) is 17.5 Å². The van der Waals surface area contributed by atoms with Crippen molar-refractivity contribution in [1.29, 1.82) is 0 Å². The maximum Gasteiger partial charge on any atom is 0.133 e. The number of aryl methyl sites for hydroxylation is 1. The van der Waals surface area contributed by atoms with E-state index in [2.05, 4.69) is 17.5 Å². The molecule has 1 nitrogen and oxygen atoms in total. The SMILES string of the molecule is O=C(CCc1cccs1)CC1CCCCCC1. The topological polar surface area (TPSA) is 17.1 Å². The minimum absolute atomic E-state index is 0.477. The molecule has 17 heavy (non-hydrogen) atoms. The highest BCUT2D eigenvalue weighted by Crippen LogP contribution is 2.26. The van der Waals surface area contributed by atoms with Crippen molar-refractivity contribution >= 4 is 17.1 Å². The monoisotopic (exact) mass is 250 g/mol. The second-order valence-corrected chi connectivity index (χ2v) is 6.21. The fraction of sp³-hybridized carbons (Fsp3) is 0.667. The van der Waals surface area contributed by atoms with Gasteiger partial charge in [-0.05, 0) is 23.8 Å². The lowest BCUT2D eigenvalue weighted by Crippen LogP contribution is -2.08. The molecule has 0 radical (unpaired) electrons. The van der Waals surface area contributed by atoms with Crippen LogP contribution in [0.25, 0.3) is 0 Å². The molecular weight excluding hydrogens is 228 g/mol. The zero-order valence-corrected chi connectivity index (χ0v) is 11.3. The van der Waals surface area contributed by atoms with Crippen LogP contribution in [-0.2, 0) is 11.2 Å². The normalized spacial score (nSPS) is 17.9. The Labute approximate surface area is 108 Å². The van der Waals surface area contributed by atoms with E-state index in [1.165, 1.54) is 43.4 Å². The molecule has 1 saturated carbocycles. The molecule has 94 valence electrons. The van der Waals surface area contributed by atoms with Crippen LogP contribution in [0.4, 0.5) is 0 Å². The lowest BCUT2D eigenvalue weighted by molar-refractivity contribution is -0.120. The maximum absolute atomic E-state index is 11.9. The van der Waals surface area contributed by atoms with Gasteiger partial charge in [0.1, 0.15) is 5.78 Å². The minimum atomic E-state index is 0.477. The Morgan fingerprint density at radius 1 is 1.24 bits per heavy atom. The van der Waals surface area contributed by atoms with Crippen molar-refractivity contribution < 1.29 is 4.79 Å². The average molecular weight is 250 g/mol. The van der Waals surface area contributed by atoms with Crippen LogP contribution < -0.4 is 0 Å². The lowest BCUT2D eigenvalue weighted by atomic mass is 9.93. The first kappa shape index (κ1) is 12.8. The Morgan fingerprint density at radius 3 is 2.65 bits per heavy atom. The van der Waals surface area contributed by atoms with Gasteiger partial charge in [0.25, 0.3) is 0 Å². The summed E-state index contributed by atoms with van der Waals surface area (Å²) in [6.07, 6.45) is 10.5. The molecule has 0 unspecified atom stereocenters. The van der Waals surface area contributed by atoms with Crippen LogP contribution in [0.2, 0.25) is 0 Å². The standard InChI is InChI=1S/C15H22OS/c16-14(9-10-15-8-5-11-17-15)12-13-6-3-1-2-4-7-13/h5,8,11,13H,1-4,6-7,9-10,12H2. The summed E-state index contributed by atoms with van der Waals surface area (Å²) in [5, 5.41) is 2.09. The minimum Gasteiger partial charge on any atom is -0.300 e. The Morgan fingerprint density at radius 2 is 2.00 bits per heavy atom. The molecule has 0 atom stereocenters. The Balaban J connectivity index is 1.69. The van der Waals surface area contributed by atoms with Gasteiger partial charge in [-0.15, -0.1) is 11.3 Å². The molecule has 0 bridgehead atoms. The fourth-order valence-corrected chi connectivity index (χ4v) is 3.42. The number of hydrogen-bond donors (Lipinski definition) is 0. The summed E-state index contributed by atoms with van der Waals surface area (Å²) >= 11 is 1.76. The van der Waals surface area contributed by atoms with Crippen molar-refractivity contribution in [3.63, 3.8) is 0 Å². The smallest absolute Gasteiger partial charge is 0.133 e. The first-order valence-corrected chi connectivity index (χ1v) is 7.76. The molecule has 0 aliphatic heterocycles. The van der Waals surface area contributed by atoms with E-state index in [1.54, 1.807) is 11.3 Å². The molecule has 0 amide bonds. The van der Waals surface area contributed by atoms with Gasteiger partial charge in [-0.2, -0.15) is 0 Å². The second-order valence-electron chi connectivity index (χ2n) is 5.18. The fourth-order valence-electron chi connectivity index (χ4n) is 2.71. The number of thiophene rings is 1. The molecule has 0 N–H and O–H groups in total. The number of carbonyl (C=O) groups excluding carboxylic acids is 1. The van der Waals surface area contributed by atoms with E-state index in [4.69, 9.17) is 0 Å². The zero-order chi connectivity index (χ0) is 11.9. The summed E-state index contributed by atoms with van der Waals surface area (Å²) in [4.78, 5) is 13.3. The van der Waals surface area contributed by atoms with Crippen molar-refractivity contribution in [3.8, 4) is 0 Å². The average Bonchev–Trinajstić information content (AvgIpc) is 2.72. The van der Waals surface area contributed by atoms with E-state index >= 15 is 0 Å². The molecule has 0 aromatic carbocycles. The Kier molecular flexibility index (Phi) is 5.24. The van der Waals surface area contributed by atoms with Gasteiger partial charge in [0, 0.05) is 17.7 Å². The molecule has 1 fully saturated rings. The van der Waals surface area contributed by atoms with Crippen molar-refractivity contribution in [2.75, 3.05) is 0 Å². The van der Waals surface area contributed by atoms with Crippen LogP contribution in [0.1, 0.15) is 56.2 Å². The van der Waals surface area contributed by atoms with Gasteiger partial charge >= 0.3 is 0 Å². The molecule has 1 heterocycles. The number of rotatable bonds is 5. The Bertz CT molecular complexity index is 321. The third-order valence-electron chi connectivity index (χ3n) is 3.72. The Hall–Kier alpha value is -0.630. The second kappa shape index (κ2) is 6.95. The van der Waals surface area contributed by atoms with Crippen molar-refractivity contribution in [3.05, 3.63) is 22.4 Å². The van der Waals surface area contributed by atoms with Gasteiger partial charge < -0.3 is 0 Å². The first-order valence-electron chi connectivity index (χ1n) is 6.88. The van der Waals surface area contributed by atoms with E-state index in [-0.39, 0.29) is 0 Å². The quantitative estimate of drug-likeness (QED) is 0.697. The summed E-state index contributed by atoms with van der Waals surface area (Å²) in [5.74, 6) is 1.17.